The van der Waals surface area contributed by atoms with E-state index in [0.29, 0.717) is 0 Å². The van der Waals surface area contributed by atoms with Gasteiger partial charge in [0.25, 0.3) is 0 Å². The van der Waals surface area contributed by atoms with E-state index in [4.69, 9.17) is 4.98 Å². The van der Waals surface area contributed by atoms with Crippen LogP contribution in [0.25, 0.3) is 11.0 Å². The number of imidazole rings is 1. The number of fused-ring (bicyclic) bond motifs is 1. The smallest absolute Gasteiger partial charge is 0.110 e. The first-order valence-corrected chi connectivity index (χ1v) is 8.45. The van der Waals surface area contributed by atoms with Gasteiger partial charge in [-0.3, -0.25) is 0 Å². The van der Waals surface area contributed by atoms with E-state index in [-0.39, 0.29) is 0 Å². The number of nitrogens with one attached hydrogen (secondary N) is 1. The molecule has 1 fully saturated rings. The molecule has 3 heteroatoms. The van der Waals surface area contributed by atoms with Crippen LogP contribution in [0.2, 0.25) is 0 Å². The highest BCUT2D eigenvalue weighted by Gasteiger charge is 2.12. The standard InChI is InChI=1S/C18H27N3/c1-21-17-10-6-5-9-16(17)20-18(21)12-14-19-13-11-15-7-3-2-4-8-15/h5-6,9-10,15,19H,2-4,7-8,11-14H2,1H3. The molecule has 2 aromatic rings. The van der Waals surface area contributed by atoms with E-state index >= 15 is 0 Å². The Hall–Kier alpha value is -1.35. The zero-order chi connectivity index (χ0) is 14.5. The van der Waals surface area contributed by atoms with Crippen LogP contribution in [0, 0.1) is 5.92 Å². The third-order valence-electron chi connectivity index (χ3n) is 4.86. The average molecular weight is 285 g/mol. The van der Waals surface area contributed by atoms with Crippen molar-refractivity contribution in [3.05, 3.63) is 30.1 Å². The maximum atomic E-state index is 4.72. The fourth-order valence-corrected chi connectivity index (χ4v) is 3.53. The van der Waals surface area contributed by atoms with Gasteiger partial charge in [0.2, 0.25) is 0 Å². The fraction of sp³-hybridized carbons (Fsp3) is 0.611. The number of aromatic nitrogens is 2. The topological polar surface area (TPSA) is 29.9 Å². The molecule has 1 N–H and O–H groups in total. The molecule has 0 amide bonds. The van der Waals surface area contributed by atoms with E-state index in [1.165, 1.54) is 49.9 Å². The summed E-state index contributed by atoms with van der Waals surface area (Å²) in [5.41, 5.74) is 2.34. The fourth-order valence-electron chi connectivity index (χ4n) is 3.53. The number of hydrogen-bond donors (Lipinski definition) is 1. The van der Waals surface area contributed by atoms with Crippen LogP contribution in [0.3, 0.4) is 0 Å². The molecule has 1 aromatic heterocycles. The molecule has 1 aromatic carbocycles. The molecule has 114 valence electrons. The van der Waals surface area contributed by atoms with Gasteiger partial charge in [0.05, 0.1) is 11.0 Å². The molecule has 0 unspecified atom stereocenters. The van der Waals surface area contributed by atoms with Crippen molar-refractivity contribution in [3.8, 4) is 0 Å². The highest BCUT2D eigenvalue weighted by Crippen LogP contribution is 2.25. The van der Waals surface area contributed by atoms with Crippen LogP contribution in [0.5, 0.6) is 0 Å². The molecule has 1 saturated carbocycles. The molecule has 1 heterocycles. The first kappa shape index (κ1) is 14.6. The molecule has 0 atom stereocenters. The van der Waals surface area contributed by atoms with E-state index < -0.39 is 0 Å². The van der Waals surface area contributed by atoms with Crippen molar-refractivity contribution in [3.63, 3.8) is 0 Å². The van der Waals surface area contributed by atoms with E-state index in [1.807, 2.05) is 0 Å². The van der Waals surface area contributed by atoms with Gasteiger partial charge in [0, 0.05) is 20.0 Å². The maximum Gasteiger partial charge on any atom is 0.110 e. The predicted molar refractivity (Wildman–Crippen MR) is 88.5 cm³/mol. The number of benzene rings is 1. The average Bonchev–Trinajstić information content (AvgIpc) is 2.85. The van der Waals surface area contributed by atoms with Crippen molar-refractivity contribution in [2.24, 2.45) is 13.0 Å². The molecule has 3 rings (SSSR count). The minimum atomic E-state index is 0.974. The number of para-hydroxylation sites is 2. The Morgan fingerprint density at radius 3 is 2.76 bits per heavy atom. The quantitative estimate of drug-likeness (QED) is 0.821. The summed E-state index contributed by atoms with van der Waals surface area (Å²) < 4.78 is 2.22. The van der Waals surface area contributed by atoms with Gasteiger partial charge in [-0.05, 0) is 31.0 Å². The van der Waals surface area contributed by atoms with Crippen LogP contribution in [0.15, 0.2) is 24.3 Å². The Balaban J connectivity index is 1.43. The van der Waals surface area contributed by atoms with Gasteiger partial charge in [0.15, 0.2) is 0 Å². The van der Waals surface area contributed by atoms with Gasteiger partial charge in [-0.25, -0.2) is 4.98 Å². The highest BCUT2D eigenvalue weighted by molar-refractivity contribution is 5.75. The second-order valence-corrected chi connectivity index (χ2v) is 6.37. The van der Waals surface area contributed by atoms with Gasteiger partial charge in [-0.15, -0.1) is 0 Å². The van der Waals surface area contributed by atoms with Gasteiger partial charge in [-0.2, -0.15) is 0 Å². The zero-order valence-electron chi connectivity index (χ0n) is 13.1. The Morgan fingerprint density at radius 1 is 1.14 bits per heavy atom. The normalized spacial score (nSPS) is 16.6. The first-order chi connectivity index (χ1) is 10.3. The number of nitrogens with zero attached hydrogens (tertiary/aromatic N) is 2. The van der Waals surface area contributed by atoms with Crippen LogP contribution < -0.4 is 5.32 Å². The van der Waals surface area contributed by atoms with Gasteiger partial charge >= 0.3 is 0 Å². The van der Waals surface area contributed by atoms with E-state index in [1.54, 1.807) is 0 Å². The third-order valence-corrected chi connectivity index (χ3v) is 4.86. The maximum absolute atomic E-state index is 4.72. The summed E-state index contributed by atoms with van der Waals surface area (Å²) in [7, 11) is 2.12. The van der Waals surface area contributed by atoms with Crippen LogP contribution in [-0.4, -0.2) is 22.6 Å². The molecule has 0 radical (unpaired) electrons. The van der Waals surface area contributed by atoms with Crippen molar-refractivity contribution in [2.75, 3.05) is 13.1 Å². The summed E-state index contributed by atoms with van der Waals surface area (Å²) in [4.78, 5) is 4.72. The molecule has 0 aliphatic heterocycles. The van der Waals surface area contributed by atoms with Crippen LogP contribution in [0.4, 0.5) is 0 Å². The summed E-state index contributed by atoms with van der Waals surface area (Å²) in [5, 5.41) is 3.60. The van der Waals surface area contributed by atoms with E-state index in [0.717, 1.165) is 30.9 Å². The Bertz CT molecular complexity index is 567. The summed E-state index contributed by atoms with van der Waals surface area (Å²) in [6, 6.07) is 8.37. The Labute approximate surface area is 127 Å². The van der Waals surface area contributed by atoms with Gasteiger partial charge < -0.3 is 9.88 Å². The summed E-state index contributed by atoms with van der Waals surface area (Å²) in [6.07, 6.45) is 9.61. The lowest BCUT2D eigenvalue weighted by Gasteiger charge is -2.21. The number of rotatable bonds is 6. The molecular formula is C18H27N3. The molecule has 0 saturated heterocycles. The molecule has 1 aliphatic carbocycles. The van der Waals surface area contributed by atoms with Crippen LogP contribution in [0.1, 0.15) is 44.3 Å². The summed E-state index contributed by atoms with van der Waals surface area (Å²) in [5.74, 6) is 2.16. The third kappa shape index (κ3) is 3.65. The van der Waals surface area contributed by atoms with E-state index in [2.05, 4.69) is 41.2 Å². The lowest BCUT2D eigenvalue weighted by Crippen LogP contribution is -2.22. The molecule has 3 nitrogen and oxygen atoms in total. The number of aryl methyl sites for hydroxylation is 1. The summed E-state index contributed by atoms with van der Waals surface area (Å²) in [6.45, 7) is 2.19. The van der Waals surface area contributed by atoms with Gasteiger partial charge in [0.1, 0.15) is 5.82 Å². The second kappa shape index (κ2) is 7.08. The Kier molecular flexibility index (Phi) is 4.91. The first-order valence-electron chi connectivity index (χ1n) is 8.45. The lowest BCUT2D eigenvalue weighted by molar-refractivity contribution is 0.334. The largest absolute Gasteiger partial charge is 0.331 e. The van der Waals surface area contributed by atoms with Crippen LogP contribution in [-0.2, 0) is 13.5 Å². The van der Waals surface area contributed by atoms with Crippen molar-refractivity contribution < 1.29 is 0 Å². The van der Waals surface area contributed by atoms with Crippen molar-refractivity contribution in [1.29, 1.82) is 0 Å². The van der Waals surface area contributed by atoms with Crippen molar-refractivity contribution in [1.82, 2.24) is 14.9 Å². The van der Waals surface area contributed by atoms with Crippen LogP contribution >= 0.6 is 0 Å². The van der Waals surface area contributed by atoms with Gasteiger partial charge in [-0.1, -0.05) is 44.2 Å². The lowest BCUT2D eigenvalue weighted by atomic mass is 9.87. The highest BCUT2D eigenvalue weighted by atomic mass is 15.1. The number of hydrogen-bond acceptors (Lipinski definition) is 2. The predicted octanol–water partition coefficient (Wildman–Crippen LogP) is 3.68. The Morgan fingerprint density at radius 2 is 1.95 bits per heavy atom. The molecular weight excluding hydrogens is 258 g/mol. The molecule has 21 heavy (non-hydrogen) atoms. The summed E-state index contributed by atoms with van der Waals surface area (Å²) >= 11 is 0. The second-order valence-electron chi connectivity index (χ2n) is 6.37. The molecule has 0 spiro atoms. The minimum Gasteiger partial charge on any atom is -0.331 e. The van der Waals surface area contributed by atoms with Crippen molar-refractivity contribution >= 4 is 11.0 Å². The molecule has 1 aliphatic rings. The SMILES string of the molecule is Cn1c(CCNCCC2CCCCC2)nc2ccccc21. The monoisotopic (exact) mass is 285 g/mol. The molecule has 0 bridgehead atoms. The van der Waals surface area contributed by atoms with Crippen molar-refractivity contribution in [2.45, 2.75) is 44.9 Å². The minimum absolute atomic E-state index is 0.974. The zero-order valence-corrected chi connectivity index (χ0v) is 13.1. The van der Waals surface area contributed by atoms with E-state index in [9.17, 15) is 0 Å².